The van der Waals surface area contributed by atoms with Gasteiger partial charge in [-0.15, -0.1) is 11.3 Å². The van der Waals surface area contributed by atoms with Crippen molar-refractivity contribution in [1.29, 1.82) is 0 Å². The maximum Gasteiger partial charge on any atom is 0.410 e. The van der Waals surface area contributed by atoms with Crippen molar-refractivity contribution in [3.8, 4) is 0 Å². The average molecular weight is 361 g/mol. The van der Waals surface area contributed by atoms with Crippen LogP contribution in [0.2, 0.25) is 0 Å². The molecule has 0 spiro atoms. The second-order valence-electron chi connectivity index (χ2n) is 6.69. The van der Waals surface area contributed by atoms with Crippen LogP contribution in [-0.2, 0) is 14.8 Å². The van der Waals surface area contributed by atoms with Crippen LogP contribution in [0.15, 0.2) is 21.7 Å². The lowest BCUT2D eigenvalue weighted by atomic mass is 10.2. The van der Waals surface area contributed by atoms with Gasteiger partial charge in [-0.05, 0) is 45.1 Å². The molecule has 1 unspecified atom stereocenters. The maximum atomic E-state index is 12.5. The summed E-state index contributed by atoms with van der Waals surface area (Å²) in [6, 6.07) is 3.16. The van der Waals surface area contributed by atoms with Gasteiger partial charge in [-0.3, -0.25) is 0 Å². The monoisotopic (exact) mass is 360 g/mol. The highest BCUT2D eigenvalue weighted by Crippen LogP contribution is 2.25. The van der Waals surface area contributed by atoms with E-state index in [0.29, 0.717) is 10.8 Å². The Kier molecular flexibility index (Phi) is 5.37. The van der Waals surface area contributed by atoms with Gasteiger partial charge in [0.05, 0.1) is 0 Å². The van der Waals surface area contributed by atoms with Gasteiger partial charge in [0.2, 0.25) is 0 Å². The molecule has 0 saturated carbocycles. The van der Waals surface area contributed by atoms with Crippen molar-refractivity contribution in [3.63, 3.8) is 0 Å². The standard InChI is InChI=1S/C15H24N2O4S2/c1-15(2,3)21-14(18)17-9-5-7-12(17)11-16(4)23(19,20)13-8-6-10-22-13/h6,8,10,12H,5,7,9,11H2,1-4H3. The largest absolute Gasteiger partial charge is 0.444 e. The van der Waals surface area contributed by atoms with E-state index < -0.39 is 15.6 Å². The molecule has 0 bridgehead atoms. The molecule has 23 heavy (non-hydrogen) atoms. The van der Waals surface area contributed by atoms with Gasteiger partial charge < -0.3 is 9.64 Å². The third kappa shape index (κ3) is 4.45. The van der Waals surface area contributed by atoms with Crippen LogP contribution >= 0.6 is 11.3 Å². The minimum atomic E-state index is -3.49. The summed E-state index contributed by atoms with van der Waals surface area (Å²) in [6.45, 7) is 6.35. The number of hydrogen-bond acceptors (Lipinski definition) is 5. The van der Waals surface area contributed by atoms with Gasteiger partial charge in [-0.1, -0.05) is 6.07 Å². The molecule has 0 radical (unpaired) electrons. The van der Waals surface area contributed by atoms with E-state index in [4.69, 9.17) is 4.74 Å². The SMILES string of the molecule is CN(CC1CCCN1C(=O)OC(C)(C)C)S(=O)(=O)c1cccs1. The predicted molar refractivity (Wildman–Crippen MR) is 90.1 cm³/mol. The fourth-order valence-electron chi connectivity index (χ4n) is 2.55. The number of likely N-dealkylation sites (tertiary alicyclic amines) is 1. The highest BCUT2D eigenvalue weighted by molar-refractivity contribution is 7.91. The summed E-state index contributed by atoms with van der Waals surface area (Å²) < 4.78 is 32.0. The zero-order valence-electron chi connectivity index (χ0n) is 14.0. The maximum absolute atomic E-state index is 12.5. The molecule has 130 valence electrons. The highest BCUT2D eigenvalue weighted by Gasteiger charge is 2.35. The molecule has 1 atom stereocenters. The molecule has 1 aliphatic rings. The normalized spacial score (nSPS) is 19.3. The first-order chi connectivity index (χ1) is 10.6. The van der Waals surface area contributed by atoms with Gasteiger partial charge in [0.1, 0.15) is 9.81 Å². The van der Waals surface area contributed by atoms with Crippen LogP contribution in [0.3, 0.4) is 0 Å². The molecule has 0 N–H and O–H groups in total. The number of sulfonamides is 1. The van der Waals surface area contributed by atoms with Gasteiger partial charge in [0, 0.05) is 26.2 Å². The summed E-state index contributed by atoms with van der Waals surface area (Å²) in [6.07, 6.45) is 1.27. The minimum absolute atomic E-state index is 0.149. The van der Waals surface area contributed by atoms with Crippen molar-refractivity contribution in [3.05, 3.63) is 17.5 Å². The van der Waals surface area contributed by atoms with E-state index in [-0.39, 0.29) is 18.7 Å². The molecule has 2 rings (SSSR count). The number of carbonyl (C=O) groups excluding carboxylic acids is 1. The van der Waals surface area contributed by atoms with Crippen LogP contribution in [0, 0.1) is 0 Å². The van der Waals surface area contributed by atoms with Crippen LogP contribution in [0.5, 0.6) is 0 Å². The van der Waals surface area contributed by atoms with Crippen molar-refractivity contribution in [2.45, 2.75) is 49.5 Å². The lowest BCUT2D eigenvalue weighted by Gasteiger charge is -2.30. The van der Waals surface area contributed by atoms with Crippen LogP contribution < -0.4 is 0 Å². The van der Waals surface area contributed by atoms with Crippen molar-refractivity contribution < 1.29 is 17.9 Å². The number of ether oxygens (including phenoxy) is 1. The summed E-state index contributed by atoms with van der Waals surface area (Å²) in [5.41, 5.74) is -0.556. The zero-order chi connectivity index (χ0) is 17.3. The Balaban J connectivity index is 2.05. The van der Waals surface area contributed by atoms with E-state index in [1.54, 1.807) is 29.5 Å². The number of hydrogen-bond donors (Lipinski definition) is 0. The Morgan fingerprint density at radius 1 is 1.48 bits per heavy atom. The number of thiophene rings is 1. The molecule has 1 saturated heterocycles. The van der Waals surface area contributed by atoms with Crippen molar-refractivity contribution >= 4 is 27.5 Å². The lowest BCUT2D eigenvalue weighted by Crippen LogP contribution is -2.45. The molecule has 0 aromatic carbocycles. The Bertz CT molecular complexity index is 635. The molecule has 0 aliphatic carbocycles. The average Bonchev–Trinajstić information content (AvgIpc) is 3.07. The Labute approximate surface area is 142 Å². The predicted octanol–water partition coefficient (Wildman–Crippen LogP) is 2.77. The first kappa shape index (κ1) is 18.2. The van der Waals surface area contributed by atoms with E-state index in [1.165, 1.54) is 15.6 Å². The molecule has 1 amide bonds. The number of rotatable bonds is 4. The number of carbonyl (C=O) groups is 1. The molecular weight excluding hydrogens is 336 g/mol. The summed E-state index contributed by atoms with van der Waals surface area (Å²) in [5, 5.41) is 1.74. The van der Waals surface area contributed by atoms with Gasteiger partial charge in [0.25, 0.3) is 10.0 Å². The Hall–Kier alpha value is -1.12. The second-order valence-corrected chi connectivity index (χ2v) is 9.91. The summed E-state index contributed by atoms with van der Waals surface area (Å²) >= 11 is 1.20. The molecule has 6 nitrogen and oxygen atoms in total. The van der Waals surface area contributed by atoms with E-state index in [0.717, 1.165) is 12.8 Å². The van der Waals surface area contributed by atoms with Crippen molar-refractivity contribution in [2.75, 3.05) is 20.1 Å². The molecule has 8 heteroatoms. The van der Waals surface area contributed by atoms with Crippen LogP contribution in [0.1, 0.15) is 33.6 Å². The molecule has 1 aromatic rings. The summed E-state index contributed by atoms with van der Waals surface area (Å²) in [4.78, 5) is 13.9. The van der Waals surface area contributed by atoms with Crippen LogP contribution in [0.25, 0.3) is 0 Å². The fraction of sp³-hybridized carbons (Fsp3) is 0.667. The summed E-state index contributed by atoms with van der Waals surface area (Å²) in [5.74, 6) is 0. The van der Waals surface area contributed by atoms with Gasteiger partial charge in [0.15, 0.2) is 0 Å². The number of nitrogens with zero attached hydrogens (tertiary/aromatic N) is 2. The molecule has 1 aliphatic heterocycles. The van der Waals surface area contributed by atoms with Crippen molar-refractivity contribution in [1.82, 2.24) is 9.21 Å². The van der Waals surface area contributed by atoms with E-state index in [1.807, 2.05) is 20.8 Å². The van der Waals surface area contributed by atoms with Crippen LogP contribution in [0.4, 0.5) is 4.79 Å². The Morgan fingerprint density at radius 3 is 2.74 bits per heavy atom. The quantitative estimate of drug-likeness (QED) is 0.828. The van der Waals surface area contributed by atoms with Crippen LogP contribution in [-0.4, -0.2) is 55.5 Å². The van der Waals surface area contributed by atoms with Gasteiger partial charge >= 0.3 is 6.09 Å². The van der Waals surface area contributed by atoms with Crippen molar-refractivity contribution in [2.24, 2.45) is 0 Å². The number of amides is 1. The molecule has 1 fully saturated rings. The van der Waals surface area contributed by atoms with E-state index >= 15 is 0 Å². The smallest absolute Gasteiger partial charge is 0.410 e. The van der Waals surface area contributed by atoms with E-state index in [2.05, 4.69) is 0 Å². The first-order valence-electron chi connectivity index (χ1n) is 7.61. The minimum Gasteiger partial charge on any atom is -0.444 e. The molecule has 2 heterocycles. The molecular formula is C15H24N2O4S2. The third-order valence-corrected chi connectivity index (χ3v) is 6.83. The van der Waals surface area contributed by atoms with E-state index in [9.17, 15) is 13.2 Å². The zero-order valence-corrected chi connectivity index (χ0v) is 15.6. The van der Waals surface area contributed by atoms with Gasteiger partial charge in [-0.2, -0.15) is 4.31 Å². The number of likely N-dealkylation sites (N-methyl/N-ethyl adjacent to an activating group) is 1. The second kappa shape index (κ2) is 6.78. The first-order valence-corrected chi connectivity index (χ1v) is 9.93. The summed E-state index contributed by atoms with van der Waals surface area (Å²) in [7, 11) is -1.94. The Morgan fingerprint density at radius 2 is 2.17 bits per heavy atom. The topological polar surface area (TPSA) is 66.9 Å². The van der Waals surface area contributed by atoms with Gasteiger partial charge in [-0.25, -0.2) is 13.2 Å². The molecule has 1 aromatic heterocycles. The highest BCUT2D eigenvalue weighted by atomic mass is 32.2. The fourth-order valence-corrected chi connectivity index (χ4v) is 4.95. The third-order valence-electron chi connectivity index (χ3n) is 3.63. The lowest BCUT2D eigenvalue weighted by molar-refractivity contribution is 0.0216.